The van der Waals surface area contributed by atoms with Crippen LogP contribution in [0.1, 0.15) is 25.7 Å². The van der Waals surface area contributed by atoms with Crippen LogP contribution in [0.25, 0.3) is 0 Å². The van der Waals surface area contributed by atoms with E-state index < -0.39 is 0 Å². The quantitative estimate of drug-likeness (QED) is 0.351. The minimum Gasteiger partial charge on any atom is -0.388 e. The van der Waals surface area contributed by atoms with Gasteiger partial charge in [0, 0.05) is 32.2 Å². The summed E-state index contributed by atoms with van der Waals surface area (Å²) >= 11 is 0. The van der Waals surface area contributed by atoms with E-state index in [0.717, 1.165) is 39.1 Å². The standard InChI is InChI=1S/C10H20N2O2/c1-13-5-2-6-14-8-10(3-4-10)7-9(11)12/h2-8H2,1H3,(H3,11,12). The average Bonchev–Trinajstić information content (AvgIpc) is 2.84. The van der Waals surface area contributed by atoms with Gasteiger partial charge in [-0.1, -0.05) is 0 Å². The van der Waals surface area contributed by atoms with Crippen LogP contribution in [0.4, 0.5) is 0 Å². The molecule has 1 saturated carbocycles. The highest BCUT2D eigenvalue weighted by Crippen LogP contribution is 2.48. The molecule has 0 spiro atoms. The number of ether oxygens (including phenoxy) is 2. The maximum Gasteiger partial charge on any atom is 0.0911 e. The van der Waals surface area contributed by atoms with Crippen molar-refractivity contribution in [3.05, 3.63) is 0 Å². The van der Waals surface area contributed by atoms with Gasteiger partial charge in [-0.15, -0.1) is 0 Å². The zero-order valence-corrected chi connectivity index (χ0v) is 8.84. The second-order valence-electron chi connectivity index (χ2n) is 4.10. The Hall–Kier alpha value is -0.610. The number of nitrogens with one attached hydrogen (secondary N) is 1. The fourth-order valence-electron chi connectivity index (χ4n) is 1.55. The van der Waals surface area contributed by atoms with E-state index in [1.54, 1.807) is 7.11 Å². The fourth-order valence-corrected chi connectivity index (χ4v) is 1.55. The summed E-state index contributed by atoms with van der Waals surface area (Å²) in [6.45, 7) is 2.24. The summed E-state index contributed by atoms with van der Waals surface area (Å²) in [6.07, 6.45) is 3.93. The molecule has 4 heteroatoms. The molecule has 0 bridgehead atoms. The van der Waals surface area contributed by atoms with Gasteiger partial charge in [-0.05, 0) is 19.3 Å². The van der Waals surface area contributed by atoms with E-state index in [2.05, 4.69) is 0 Å². The first-order valence-corrected chi connectivity index (χ1v) is 5.08. The molecule has 82 valence electrons. The van der Waals surface area contributed by atoms with Gasteiger partial charge in [0.1, 0.15) is 0 Å². The van der Waals surface area contributed by atoms with Gasteiger partial charge in [-0.3, -0.25) is 5.41 Å². The molecule has 0 unspecified atom stereocenters. The summed E-state index contributed by atoms with van der Waals surface area (Å²) < 4.78 is 10.5. The molecule has 1 aliphatic carbocycles. The van der Waals surface area contributed by atoms with Gasteiger partial charge < -0.3 is 15.2 Å². The van der Waals surface area contributed by atoms with E-state index in [4.69, 9.17) is 20.6 Å². The molecule has 0 aliphatic heterocycles. The molecule has 3 N–H and O–H groups in total. The maximum atomic E-state index is 7.24. The van der Waals surface area contributed by atoms with Crippen molar-refractivity contribution >= 4 is 5.84 Å². The average molecular weight is 200 g/mol. The number of rotatable bonds is 8. The Kier molecular flexibility index (Phi) is 4.35. The molecule has 4 nitrogen and oxygen atoms in total. The first-order valence-electron chi connectivity index (χ1n) is 5.08. The van der Waals surface area contributed by atoms with Crippen LogP contribution in [-0.4, -0.2) is 32.8 Å². The third kappa shape index (κ3) is 4.07. The van der Waals surface area contributed by atoms with Gasteiger partial charge in [-0.25, -0.2) is 0 Å². The summed E-state index contributed by atoms with van der Waals surface area (Å²) in [5.74, 6) is 0.281. The third-order valence-corrected chi connectivity index (χ3v) is 2.57. The van der Waals surface area contributed by atoms with Crippen molar-refractivity contribution in [1.29, 1.82) is 5.41 Å². The molecule has 0 aromatic rings. The number of hydrogen-bond acceptors (Lipinski definition) is 3. The van der Waals surface area contributed by atoms with Gasteiger partial charge in [0.15, 0.2) is 0 Å². The molecule has 1 rings (SSSR count). The topological polar surface area (TPSA) is 68.3 Å². The van der Waals surface area contributed by atoms with Crippen LogP contribution in [0, 0.1) is 10.8 Å². The summed E-state index contributed by atoms with van der Waals surface area (Å²) in [4.78, 5) is 0. The smallest absolute Gasteiger partial charge is 0.0911 e. The van der Waals surface area contributed by atoms with Gasteiger partial charge >= 0.3 is 0 Å². The van der Waals surface area contributed by atoms with Crippen LogP contribution in [-0.2, 0) is 9.47 Å². The molecule has 0 atom stereocenters. The van der Waals surface area contributed by atoms with Crippen molar-refractivity contribution in [2.75, 3.05) is 26.9 Å². The van der Waals surface area contributed by atoms with E-state index in [0.29, 0.717) is 6.42 Å². The van der Waals surface area contributed by atoms with Gasteiger partial charge in [0.25, 0.3) is 0 Å². The predicted octanol–water partition coefficient (Wildman–Crippen LogP) is 1.15. The zero-order chi connectivity index (χ0) is 10.4. The molecule has 0 radical (unpaired) electrons. The normalized spacial score (nSPS) is 18.1. The Morgan fingerprint density at radius 1 is 1.43 bits per heavy atom. The largest absolute Gasteiger partial charge is 0.388 e. The van der Waals surface area contributed by atoms with Crippen LogP contribution < -0.4 is 5.73 Å². The van der Waals surface area contributed by atoms with E-state index in [1.165, 1.54) is 0 Å². The Labute approximate surface area is 85.3 Å². The van der Waals surface area contributed by atoms with E-state index >= 15 is 0 Å². The van der Waals surface area contributed by atoms with Gasteiger partial charge in [-0.2, -0.15) is 0 Å². The molecular formula is C10H20N2O2. The predicted molar refractivity (Wildman–Crippen MR) is 55.5 cm³/mol. The molecule has 0 aromatic carbocycles. The lowest BCUT2D eigenvalue weighted by atomic mass is 10.0. The Balaban J connectivity index is 2.03. The lowest BCUT2D eigenvalue weighted by Gasteiger charge is -2.14. The van der Waals surface area contributed by atoms with Crippen molar-refractivity contribution in [2.45, 2.75) is 25.7 Å². The minimum absolute atomic E-state index is 0.207. The van der Waals surface area contributed by atoms with Gasteiger partial charge in [0.2, 0.25) is 0 Å². The third-order valence-electron chi connectivity index (χ3n) is 2.57. The Bertz CT molecular complexity index is 191. The lowest BCUT2D eigenvalue weighted by Crippen LogP contribution is -2.20. The number of methoxy groups -OCH3 is 1. The lowest BCUT2D eigenvalue weighted by molar-refractivity contribution is 0.0731. The molecule has 1 aliphatic rings. The van der Waals surface area contributed by atoms with E-state index in [1.807, 2.05) is 0 Å². The van der Waals surface area contributed by atoms with Crippen LogP contribution in [0.5, 0.6) is 0 Å². The first kappa shape index (κ1) is 11.5. The van der Waals surface area contributed by atoms with Crippen LogP contribution in [0.2, 0.25) is 0 Å². The van der Waals surface area contributed by atoms with Crippen molar-refractivity contribution in [1.82, 2.24) is 0 Å². The first-order chi connectivity index (χ1) is 6.68. The Morgan fingerprint density at radius 3 is 2.64 bits per heavy atom. The highest BCUT2D eigenvalue weighted by Gasteiger charge is 2.43. The minimum atomic E-state index is 0.207. The number of hydrogen-bond donors (Lipinski definition) is 2. The van der Waals surface area contributed by atoms with Crippen LogP contribution in [0.3, 0.4) is 0 Å². The summed E-state index contributed by atoms with van der Waals surface area (Å²) in [7, 11) is 1.69. The van der Waals surface area contributed by atoms with Crippen molar-refractivity contribution in [2.24, 2.45) is 11.1 Å². The number of nitrogens with two attached hydrogens (primary N) is 1. The molecule has 1 fully saturated rings. The fraction of sp³-hybridized carbons (Fsp3) is 0.900. The highest BCUT2D eigenvalue weighted by atomic mass is 16.5. The van der Waals surface area contributed by atoms with Crippen molar-refractivity contribution < 1.29 is 9.47 Å². The van der Waals surface area contributed by atoms with E-state index in [-0.39, 0.29) is 11.3 Å². The molecule has 0 aromatic heterocycles. The highest BCUT2D eigenvalue weighted by molar-refractivity contribution is 5.78. The van der Waals surface area contributed by atoms with Crippen molar-refractivity contribution in [3.63, 3.8) is 0 Å². The molecule has 14 heavy (non-hydrogen) atoms. The molecule has 0 saturated heterocycles. The summed E-state index contributed by atoms with van der Waals surface area (Å²) in [5.41, 5.74) is 5.59. The number of amidine groups is 1. The Morgan fingerprint density at radius 2 is 2.14 bits per heavy atom. The monoisotopic (exact) mass is 200 g/mol. The second-order valence-corrected chi connectivity index (χ2v) is 4.10. The maximum absolute atomic E-state index is 7.24. The summed E-state index contributed by atoms with van der Waals surface area (Å²) in [6, 6.07) is 0. The summed E-state index contributed by atoms with van der Waals surface area (Å²) in [5, 5.41) is 7.24. The SMILES string of the molecule is COCCCOCC1(CC(=N)N)CC1. The zero-order valence-electron chi connectivity index (χ0n) is 8.84. The van der Waals surface area contributed by atoms with Crippen molar-refractivity contribution in [3.8, 4) is 0 Å². The van der Waals surface area contributed by atoms with Crippen LogP contribution >= 0.6 is 0 Å². The second kappa shape index (κ2) is 5.32. The molecule has 0 heterocycles. The molecular weight excluding hydrogens is 180 g/mol. The van der Waals surface area contributed by atoms with E-state index in [9.17, 15) is 0 Å². The van der Waals surface area contributed by atoms with Gasteiger partial charge in [0.05, 0.1) is 12.4 Å². The molecule has 0 amide bonds. The van der Waals surface area contributed by atoms with Crippen LogP contribution in [0.15, 0.2) is 0 Å².